The monoisotopic (exact) mass is 387 g/mol. The molecule has 0 saturated carbocycles. The van der Waals surface area contributed by atoms with Crippen LogP contribution in [0.25, 0.3) is 6.08 Å². The van der Waals surface area contributed by atoms with E-state index in [1.54, 1.807) is 0 Å². The van der Waals surface area contributed by atoms with Gasteiger partial charge in [-0.2, -0.15) is 0 Å². The lowest BCUT2D eigenvalue weighted by molar-refractivity contribution is 0.0510. The fourth-order valence-corrected chi connectivity index (χ4v) is 4.18. The number of likely N-dealkylation sites (N-methyl/N-ethyl adjacent to an activating group) is 1. The first-order valence-electron chi connectivity index (χ1n) is 9.18. The van der Waals surface area contributed by atoms with Gasteiger partial charge < -0.3 is 10.1 Å². The molecule has 1 aliphatic rings. The Morgan fingerprint density at radius 1 is 1.04 bits per heavy atom. The third kappa shape index (κ3) is 3.33. The predicted octanol–water partition coefficient (Wildman–Crippen LogP) is 5.04. The molecule has 140 valence electrons. The van der Waals surface area contributed by atoms with Crippen LogP contribution >= 0.6 is 11.3 Å². The number of ketones is 1. The van der Waals surface area contributed by atoms with Crippen LogP contribution in [0.2, 0.25) is 0 Å². The van der Waals surface area contributed by atoms with E-state index in [0.717, 1.165) is 16.8 Å². The van der Waals surface area contributed by atoms with Crippen molar-refractivity contribution in [1.82, 2.24) is 5.32 Å². The average molecular weight is 388 g/mol. The summed E-state index contributed by atoms with van der Waals surface area (Å²) in [6.07, 6.45) is 4.02. The molecule has 1 aromatic heterocycles. The average Bonchev–Trinajstić information content (AvgIpc) is 3.42. The summed E-state index contributed by atoms with van der Waals surface area (Å²) in [5, 5.41) is 5.11. The number of rotatable bonds is 6. The molecule has 4 rings (SSSR count). The summed E-state index contributed by atoms with van der Waals surface area (Å²) in [4.78, 5) is 14.2. The van der Waals surface area contributed by atoms with Crippen molar-refractivity contribution in [2.45, 2.75) is 5.60 Å². The molecule has 0 unspecified atom stereocenters. The molecular weight excluding hydrogens is 366 g/mol. The summed E-state index contributed by atoms with van der Waals surface area (Å²) >= 11 is 1.45. The summed E-state index contributed by atoms with van der Waals surface area (Å²) in [5.74, 6) is -0.00147. The maximum Gasteiger partial charge on any atom is 0.204 e. The van der Waals surface area contributed by atoms with E-state index in [-0.39, 0.29) is 5.78 Å². The van der Waals surface area contributed by atoms with Crippen molar-refractivity contribution >= 4 is 23.2 Å². The third-order valence-corrected chi connectivity index (χ3v) is 5.77. The van der Waals surface area contributed by atoms with Crippen LogP contribution in [-0.2, 0) is 10.3 Å². The standard InChI is InChI=1S/C24H21NO2S/c1-25-20-17-27-24(19-11-6-3-7-12-19,15-14-18-9-4-2-5-10-18)22(20)23(26)21-13-8-16-28-21/h2-16,25H,17H2,1H3/b15-14+/t24-/m0/s1. The van der Waals surface area contributed by atoms with E-state index in [2.05, 4.69) is 5.32 Å². The first-order chi connectivity index (χ1) is 13.7. The lowest BCUT2D eigenvalue weighted by Gasteiger charge is -2.28. The zero-order chi connectivity index (χ0) is 19.4. The molecule has 1 aliphatic heterocycles. The van der Waals surface area contributed by atoms with E-state index < -0.39 is 5.60 Å². The van der Waals surface area contributed by atoms with Gasteiger partial charge in [-0.15, -0.1) is 11.3 Å². The van der Waals surface area contributed by atoms with E-state index in [4.69, 9.17) is 4.74 Å². The molecule has 0 fully saturated rings. The lowest BCUT2D eigenvalue weighted by Crippen LogP contribution is -2.30. The Morgan fingerprint density at radius 3 is 2.39 bits per heavy atom. The third-order valence-electron chi connectivity index (χ3n) is 4.90. The minimum absolute atomic E-state index is 0.00147. The number of nitrogens with one attached hydrogen (secondary N) is 1. The van der Waals surface area contributed by atoms with Crippen LogP contribution in [0.15, 0.2) is 95.5 Å². The quantitative estimate of drug-likeness (QED) is 0.602. The van der Waals surface area contributed by atoms with Gasteiger partial charge in [-0.1, -0.05) is 72.8 Å². The molecule has 0 aliphatic carbocycles. The molecule has 2 aromatic carbocycles. The number of hydrogen-bond acceptors (Lipinski definition) is 4. The van der Waals surface area contributed by atoms with Gasteiger partial charge in [0.15, 0.2) is 0 Å². The molecule has 0 amide bonds. The Labute approximate surface area is 169 Å². The maximum atomic E-state index is 13.5. The fourth-order valence-electron chi connectivity index (χ4n) is 3.51. The first kappa shape index (κ1) is 18.4. The normalized spacial score (nSPS) is 19.3. The number of hydrogen-bond donors (Lipinski definition) is 1. The van der Waals surface area contributed by atoms with Gasteiger partial charge in [0, 0.05) is 12.7 Å². The van der Waals surface area contributed by atoms with Crippen molar-refractivity contribution in [2.75, 3.05) is 13.7 Å². The summed E-state index contributed by atoms with van der Waals surface area (Å²) in [6, 6.07) is 23.8. The number of thiophene rings is 1. The summed E-state index contributed by atoms with van der Waals surface area (Å²) in [5.41, 5.74) is 2.53. The lowest BCUT2D eigenvalue weighted by atomic mass is 9.82. The van der Waals surface area contributed by atoms with Gasteiger partial charge in [0.1, 0.15) is 5.60 Å². The highest BCUT2D eigenvalue weighted by Gasteiger charge is 2.45. The second kappa shape index (κ2) is 7.97. The molecule has 28 heavy (non-hydrogen) atoms. The Balaban J connectivity index is 1.88. The number of benzene rings is 2. The van der Waals surface area contributed by atoms with Crippen molar-refractivity contribution in [2.24, 2.45) is 0 Å². The van der Waals surface area contributed by atoms with Crippen LogP contribution in [0.4, 0.5) is 0 Å². The van der Waals surface area contributed by atoms with Gasteiger partial charge in [-0.25, -0.2) is 0 Å². The van der Waals surface area contributed by atoms with Crippen molar-refractivity contribution in [3.8, 4) is 0 Å². The number of Topliss-reactive ketones (excluding diaryl/α,β-unsaturated/α-hetero) is 1. The Morgan fingerprint density at radius 2 is 1.75 bits per heavy atom. The molecule has 0 bridgehead atoms. The highest BCUT2D eigenvalue weighted by Crippen LogP contribution is 2.43. The van der Waals surface area contributed by atoms with Crippen LogP contribution in [0.3, 0.4) is 0 Å². The second-order valence-corrected chi connectivity index (χ2v) is 7.49. The predicted molar refractivity (Wildman–Crippen MR) is 114 cm³/mol. The molecule has 1 N–H and O–H groups in total. The zero-order valence-corrected chi connectivity index (χ0v) is 16.4. The first-order valence-corrected chi connectivity index (χ1v) is 10.1. The van der Waals surface area contributed by atoms with Gasteiger partial charge in [0.2, 0.25) is 5.78 Å². The molecule has 3 aromatic rings. The van der Waals surface area contributed by atoms with E-state index in [9.17, 15) is 4.79 Å². The molecule has 1 atom stereocenters. The summed E-state index contributed by atoms with van der Waals surface area (Å²) in [7, 11) is 1.84. The van der Waals surface area contributed by atoms with Gasteiger partial charge in [-0.3, -0.25) is 4.79 Å². The summed E-state index contributed by atoms with van der Waals surface area (Å²) in [6.45, 7) is 0.358. The largest absolute Gasteiger partial charge is 0.389 e. The Hall–Kier alpha value is -2.95. The molecule has 0 spiro atoms. The minimum Gasteiger partial charge on any atom is -0.389 e. The van der Waals surface area contributed by atoms with E-state index >= 15 is 0 Å². The van der Waals surface area contributed by atoms with E-state index in [0.29, 0.717) is 17.1 Å². The number of carbonyl (C=O) groups is 1. The van der Waals surface area contributed by atoms with Gasteiger partial charge in [0.05, 0.1) is 17.1 Å². The van der Waals surface area contributed by atoms with Crippen LogP contribution in [0.5, 0.6) is 0 Å². The fraction of sp³-hybridized carbons (Fsp3) is 0.125. The Kier molecular flexibility index (Phi) is 5.24. The van der Waals surface area contributed by atoms with Crippen LogP contribution in [-0.4, -0.2) is 19.4 Å². The smallest absolute Gasteiger partial charge is 0.204 e. The molecule has 0 saturated heterocycles. The van der Waals surface area contributed by atoms with Crippen molar-refractivity contribution in [1.29, 1.82) is 0 Å². The second-order valence-electron chi connectivity index (χ2n) is 6.54. The van der Waals surface area contributed by atoms with E-state index in [1.807, 2.05) is 97.4 Å². The number of ether oxygens (including phenoxy) is 1. The van der Waals surface area contributed by atoms with Gasteiger partial charge in [0.25, 0.3) is 0 Å². The van der Waals surface area contributed by atoms with Gasteiger partial charge in [-0.05, 0) is 28.6 Å². The van der Waals surface area contributed by atoms with Crippen LogP contribution in [0, 0.1) is 0 Å². The van der Waals surface area contributed by atoms with Crippen molar-refractivity contribution < 1.29 is 9.53 Å². The minimum atomic E-state index is -0.934. The molecular formula is C24H21NO2S. The van der Waals surface area contributed by atoms with Crippen LogP contribution < -0.4 is 5.32 Å². The number of carbonyl (C=O) groups excluding carboxylic acids is 1. The van der Waals surface area contributed by atoms with Crippen LogP contribution in [0.1, 0.15) is 20.8 Å². The Bertz CT molecular complexity index is 1010. The van der Waals surface area contributed by atoms with E-state index in [1.165, 1.54) is 11.3 Å². The molecule has 3 nitrogen and oxygen atoms in total. The molecule has 2 heterocycles. The van der Waals surface area contributed by atoms with Gasteiger partial charge >= 0.3 is 0 Å². The van der Waals surface area contributed by atoms with Crippen molar-refractivity contribution in [3.63, 3.8) is 0 Å². The molecule has 0 radical (unpaired) electrons. The maximum absolute atomic E-state index is 13.5. The molecule has 4 heteroatoms. The summed E-state index contributed by atoms with van der Waals surface area (Å²) < 4.78 is 6.34. The topological polar surface area (TPSA) is 38.3 Å². The SMILES string of the molecule is CNC1=C(C(=O)c2cccs2)[C@](/C=C/c2ccccc2)(c2ccccc2)OC1. The van der Waals surface area contributed by atoms with Crippen molar-refractivity contribution in [3.05, 3.63) is 112 Å². The highest BCUT2D eigenvalue weighted by molar-refractivity contribution is 7.12. The highest BCUT2D eigenvalue weighted by atomic mass is 32.1. The zero-order valence-electron chi connectivity index (χ0n) is 15.6.